The molecule has 1 N–H and O–H groups in total. The third kappa shape index (κ3) is 7.19. The highest BCUT2D eigenvalue weighted by molar-refractivity contribution is 5.82. The summed E-state index contributed by atoms with van der Waals surface area (Å²) in [6.45, 7) is 7.99. The number of anilines is 1. The highest BCUT2D eigenvalue weighted by atomic mass is 16.5. The quantitative estimate of drug-likeness (QED) is 0.619. The Morgan fingerprint density at radius 3 is 2.41 bits per heavy atom. The Kier molecular flexibility index (Phi) is 9.07. The van der Waals surface area contributed by atoms with Crippen molar-refractivity contribution in [3.63, 3.8) is 0 Å². The van der Waals surface area contributed by atoms with Crippen LogP contribution >= 0.6 is 0 Å². The van der Waals surface area contributed by atoms with E-state index < -0.39 is 18.0 Å². The van der Waals surface area contributed by atoms with Crippen molar-refractivity contribution in [1.29, 1.82) is 0 Å². The Labute approximate surface area is 161 Å². The number of carbonyl (C=O) groups is 2. The molecular weight excluding hydrogens is 348 g/mol. The van der Waals surface area contributed by atoms with Crippen molar-refractivity contribution in [2.24, 2.45) is 0 Å². The number of esters is 2. The van der Waals surface area contributed by atoms with Crippen LogP contribution < -0.4 is 10.2 Å². The first-order valence-electron chi connectivity index (χ1n) is 9.61. The lowest BCUT2D eigenvalue weighted by atomic mass is 10.1. The number of hydrogen-bond donors (Lipinski definition) is 1. The molecule has 0 radical (unpaired) electrons. The lowest BCUT2D eigenvalue weighted by Crippen LogP contribution is -2.41. The van der Waals surface area contributed by atoms with Gasteiger partial charge in [0.1, 0.15) is 6.04 Å². The fourth-order valence-electron chi connectivity index (χ4n) is 2.95. The number of hydrogen-bond acceptors (Lipinski definition) is 7. The third-order valence-electron chi connectivity index (χ3n) is 4.36. The van der Waals surface area contributed by atoms with E-state index in [1.54, 1.807) is 13.8 Å². The zero-order valence-electron chi connectivity index (χ0n) is 16.2. The molecule has 1 aliphatic rings. The molecule has 1 aliphatic heterocycles. The smallest absolute Gasteiger partial charge is 0.323 e. The molecule has 7 heteroatoms. The molecule has 1 aromatic rings. The number of nitrogens with one attached hydrogen (secondary N) is 1. The van der Waals surface area contributed by atoms with Crippen LogP contribution in [0.5, 0.6) is 0 Å². The van der Waals surface area contributed by atoms with E-state index in [0.717, 1.165) is 32.7 Å². The highest BCUT2D eigenvalue weighted by Crippen LogP contribution is 2.16. The average Bonchev–Trinajstić information content (AvgIpc) is 2.69. The van der Waals surface area contributed by atoms with Gasteiger partial charge in [-0.15, -0.1) is 0 Å². The van der Waals surface area contributed by atoms with Gasteiger partial charge in [0.2, 0.25) is 0 Å². The summed E-state index contributed by atoms with van der Waals surface area (Å²) in [5.41, 5.74) is 2.36. The van der Waals surface area contributed by atoms with Gasteiger partial charge >= 0.3 is 11.9 Å². The number of carbonyl (C=O) groups excluding carboxylic acids is 2. The van der Waals surface area contributed by atoms with Gasteiger partial charge in [0, 0.05) is 18.8 Å². The molecule has 0 spiro atoms. The second-order valence-electron chi connectivity index (χ2n) is 6.28. The topological polar surface area (TPSA) is 77.1 Å². The molecule has 0 amide bonds. The fourth-order valence-corrected chi connectivity index (χ4v) is 2.95. The van der Waals surface area contributed by atoms with Crippen molar-refractivity contribution in [3.8, 4) is 0 Å². The normalized spacial score (nSPS) is 15.3. The van der Waals surface area contributed by atoms with E-state index in [9.17, 15) is 9.59 Å². The Morgan fingerprint density at radius 1 is 1.11 bits per heavy atom. The molecule has 0 aliphatic carbocycles. The molecule has 1 saturated heterocycles. The van der Waals surface area contributed by atoms with E-state index in [1.807, 2.05) is 0 Å². The van der Waals surface area contributed by atoms with Crippen LogP contribution in [0.15, 0.2) is 24.3 Å². The number of ether oxygens (including phenoxy) is 3. The molecule has 1 heterocycles. The SMILES string of the molecule is CCOC(=O)CC(NCCc1ccc(N2CCOCC2)cc1)C(=O)OCC. The van der Waals surface area contributed by atoms with Crippen LogP contribution in [0.3, 0.4) is 0 Å². The summed E-state index contributed by atoms with van der Waals surface area (Å²) in [5.74, 6) is -0.828. The lowest BCUT2D eigenvalue weighted by Gasteiger charge is -2.28. The maximum Gasteiger partial charge on any atom is 0.323 e. The van der Waals surface area contributed by atoms with Gasteiger partial charge in [0.15, 0.2) is 0 Å². The Bertz CT molecular complexity index is 585. The standard InChI is InChI=1S/C20H30N2O5/c1-3-26-19(23)15-18(20(24)27-4-2)21-10-9-16-5-7-17(8-6-16)22-11-13-25-14-12-22/h5-8,18,21H,3-4,9-15H2,1-2H3. The van der Waals surface area contributed by atoms with Gasteiger partial charge in [-0.25, -0.2) is 0 Å². The molecule has 1 fully saturated rings. The third-order valence-corrected chi connectivity index (χ3v) is 4.36. The number of morpholine rings is 1. The van der Waals surface area contributed by atoms with Gasteiger partial charge in [0.05, 0.1) is 32.8 Å². The predicted molar refractivity (Wildman–Crippen MR) is 103 cm³/mol. The van der Waals surface area contributed by atoms with Crippen LogP contribution in [0.4, 0.5) is 5.69 Å². The Balaban J connectivity index is 1.83. The summed E-state index contributed by atoms with van der Waals surface area (Å²) in [4.78, 5) is 26.0. The largest absolute Gasteiger partial charge is 0.466 e. The molecule has 0 saturated carbocycles. The molecule has 7 nitrogen and oxygen atoms in total. The maximum absolute atomic E-state index is 12.0. The van der Waals surface area contributed by atoms with Crippen molar-refractivity contribution in [2.75, 3.05) is 51.0 Å². The van der Waals surface area contributed by atoms with Gasteiger partial charge < -0.3 is 24.4 Å². The molecular formula is C20H30N2O5. The summed E-state index contributed by atoms with van der Waals surface area (Å²) >= 11 is 0. The van der Waals surface area contributed by atoms with Crippen LogP contribution in [0.1, 0.15) is 25.8 Å². The summed E-state index contributed by atoms with van der Waals surface area (Å²) in [5, 5.41) is 3.12. The van der Waals surface area contributed by atoms with E-state index in [4.69, 9.17) is 14.2 Å². The Morgan fingerprint density at radius 2 is 1.78 bits per heavy atom. The summed E-state index contributed by atoms with van der Waals surface area (Å²) < 4.78 is 15.4. The monoisotopic (exact) mass is 378 g/mol. The minimum Gasteiger partial charge on any atom is -0.466 e. The molecule has 1 aromatic carbocycles. The molecule has 2 rings (SSSR count). The molecule has 0 aromatic heterocycles. The van der Waals surface area contributed by atoms with Crippen LogP contribution in [-0.4, -0.2) is 64.0 Å². The van der Waals surface area contributed by atoms with E-state index >= 15 is 0 Å². The van der Waals surface area contributed by atoms with Crippen LogP contribution in [0.25, 0.3) is 0 Å². The van der Waals surface area contributed by atoms with Gasteiger partial charge in [-0.1, -0.05) is 12.1 Å². The molecule has 27 heavy (non-hydrogen) atoms. The van der Waals surface area contributed by atoms with Crippen molar-refractivity contribution in [2.45, 2.75) is 32.7 Å². The zero-order valence-corrected chi connectivity index (χ0v) is 16.2. The predicted octanol–water partition coefficient (Wildman–Crippen LogP) is 1.54. The molecule has 0 bridgehead atoms. The molecule has 1 unspecified atom stereocenters. The maximum atomic E-state index is 12.0. The zero-order chi connectivity index (χ0) is 19.5. The Hall–Kier alpha value is -2.12. The minimum absolute atomic E-state index is 0.0252. The van der Waals surface area contributed by atoms with Gasteiger partial charge in [-0.2, -0.15) is 0 Å². The second-order valence-corrected chi connectivity index (χ2v) is 6.28. The van der Waals surface area contributed by atoms with Crippen molar-refractivity contribution < 1.29 is 23.8 Å². The van der Waals surface area contributed by atoms with E-state index in [0.29, 0.717) is 13.2 Å². The van der Waals surface area contributed by atoms with Crippen LogP contribution in [0, 0.1) is 0 Å². The summed E-state index contributed by atoms with van der Waals surface area (Å²) in [6.07, 6.45) is 0.727. The van der Waals surface area contributed by atoms with Crippen molar-refractivity contribution in [3.05, 3.63) is 29.8 Å². The number of benzene rings is 1. The van der Waals surface area contributed by atoms with E-state index in [1.165, 1.54) is 11.3 Å². The summed E-state index contributed by atoms with van der Waals surface area (Å²) in [6, 6.07) is 7.73. The van der Waals surface area contributed by atoms with E-state index in [2.05, 4.69) is 34.5 Å². The summed E-state index contributed by atoms with van der Waals surface area (Å²) in [7, 11) is 0. The minimum atomic E-state index is -0.684. The van der Waals surface area contributed by atoms with Crippen LogP contribution in [-0.2, 0) is 30.2 Å². The van der Waals surface area contributed by atoms with Crippen molar-refractivity contribution >= 4 is 17.6 Å². The van der Waals surface area contributed by atoms with Crippen molar-refractivity contribution in [1.82, 2.24) is 5.32 Å². The van der Waals surface area contributed by atoms with Gasteiger partial charge in [-0.3, -0.25) is 9.59 Å². The highest BCUT2D eigenvalue weighted by Gasteiger charge is 2.23. The lowest BCUT2D eigenvalue weighted by molar-refractivity contribution is -0.152. The van der Waals surface area contributed by atoms with E-state index in [-0.39, 0.29) is 13.0 Å². The first-order chi connectivity index (χ1) is 13.1. The van der Waals surface area contributed by atoms with Gasteiger partial charge in [0.25, 0.3) is 0 Å². The first-order valence-corrected chi connectivity index (χ1v) is 9.61. The number of rotatable bonds is 10. The fraction of sp³-hybridized carbons (Fsp3) is 0.600. The first kappa shape index (κ1) is 21.2. The van der Waals surface area contributed by atoms with Crippen LogP contribution in [0.2, 0.25) is 0 Å². The average molecular weight is 378 g/mol. The molecule has 1 atom stereocenters. The molecule has 150 valence electrons. The number of nitrogens with zero attached hydrogens (tertiary/aromatic N) is 1. The second kappa shape index (κ2) is 11.6. The van der Waals surface area contributed by atoms with Gasteiger partial charge in [-0.05, 0) is 44.5 Å².